The van der Waals surface area contributed by atoms with Crippen molar-refractivity contribution in [3.63, 3.8) is 0 Å². The van der Waals surface area contributed by atoms with E-state index in [0.717, 1.165) is 24.0 Å². The lowest BCUT2D eigenvalue weighted by atomic mass is 9.91. The van der Waals surface area contributed by atoms with E-state index < -0.39 is 10.5 Å². The van der Waals surface area contributed by atoms with Gasteiger partial charge in [-0.25, -0.2) is 4.79 Å². The average Bonchev–Trinajstić information content (AvgIpc) is 2.92. The van der Waals surface area contributed by atoms with Crippen LogP contribution < -0.4 is 0 Å². The van der Waals surface area contributed by atoms with Gasteiger partial charge >= 0.3 is 6.09 Å². The van der Waals surface area contributed by atoms with E-state index >= 15 is 0 Å². The molecule has 1 aromatic rings. The van der Waals surface area contributed by atoms with Gasteiger partial charge in [0.25, 0.3) is 5.69 Å². The van der Waals surface area contributed by atoms with Crippen LogP contribution in [0.3, 0.4) is 0 Å². The van der Waals surface area contributed by atoms with Gasteiger partial charge in [-0.15, -0.1) is 0 Å². The molecule has 2 atom stereocenters. The molecule has 2 aliphatic rings. The Morgan fingerprint density at radius 2 is 1.90 bits per heavy atom. The molecule has 0 aromatic heterocycles. The van der Waals surface area contributed by atoms with Gasteiger partial charge in [0, 0.05) is 12.1 Å². The fourth-order valence-corrected chi connectivity index (χ4v) is 3.26. The molecule has 1 fully saturated rings. The highest BCUT2D eigenvalue weighted by molar-refractivity contribution is 5.72. The largest absolute Gasteiger partial charge is 0.444 e. The fourth-order valence-electron chi connectivity index (χ4n) is 3.26. The van der Waals surface area contributed by atoms with Crippen LogP contribution in [0, 0.1) is 10.1 Å². The van der Waals surface area contributed by atoms with E-state index in [1.165, 1.54) is 6.07 Å². The van der Waals surface area contributed by atoms with Crippen molar-refractivity contribution in [2.45, 2.75) is 51.3 Å². The molecule has 1 amide bonds. The number of nitro benzene ring substituents is 1. The molecule has 3 rings (SSSR count). The van der Waals surface area contributed by atoms with Crippen LogP contribution in [-0.2, 0) is 4.74 Å². The molecule has 0 spiro atoms. The molecule has 0 N–H and O–H groups in total. The zero-order chi connectivity index (χ0) is 15.4. The number of hydrogen-bond donors (Lipinski definition) is 0. The first kappa shape index (κ1) is 13.9. The van der Waals surface area contributed by atoms with Gasteiger partial charge in [-0.2, -0.15) is 0 Å². The fraction of sp³-hybridized carbons (Fsp3) is 0.533. The minimum atomic E-state index is -0.544. The Hall–Kier alpha value is -2.11. The molecule has 0 saturated carbocycles. The maximum absolute atomic E-state index is 12.4. The Morgan fingerprint density at radius 3 is 2.48 bits per heavy atom. The van der Waals surface area contributed by atoms with E-state index in [1.807, 2.05) is 20.8 Å². The van der Waals surface area contributed by atoms with E-state index in [2.05, 4.69) is 0 Å². The van der Waals surface area contributed by atoms with Crippen LogP contribution in [0.1, 0.15) is 56.8 Å². The van der Waals surface area contributed by atoms with Crippen molar-refractivity contribution in [3.05, 3.63) is 39.4 Å². The monoisotopic (exact) mass is 290 g/mol. The first-order valence-electron chi connectivity index (χ1n) is 7.07. The van der Waals surface area contributed by atoms with Crippen molar-refractivity contribution in [2.24, 2.45) is 0 Å². The van der Waals surface area contributed by atoms with E-state index in [-0.39, 0.29) is 23.9 Å². The van der Waals surface area contributed by atoms with E-state index in [1.54, 1.807) is 17.0 Å². The normalized spacial score (nSPS) is 23.1. The highest BCUT2D eigenvalue weighted by Gasteiger charge is 2.48. The van der Waals surface area contributed by atoms with E-state index in [4.69, 9.17) is 4.74 Å². The summed E-state index contributed by atoms with van der Waals surface area (Å²) >= 11 is 0. The van der Waals surface area contributed by atoms with Gasteiger partial charge < -0.3 is 4.74 Å². The minimum absolute atomic E-state index is 0.0133. The molecule has 21 heavy (non-hydrogen) atoms. The predicted molar refractivity (Wildman–Crippen MR) is 75.9 cm³/mol. The number of nitrogens with zero attached hydrogens (tertiary/aromatic N) is 2. The predicted octanol–water partition coefficient (Wildman–Crippen LogP) is 3.72. The number of rotatable bonds is 1. The number of amides is 1. The Morgan fingerprint density at radius 1 is 1.29 bits per heavy atom. The second-order valence-electron chi connectivity index (χ2n) is 6.57. The lowest BCUT2D eigenvalue weighted by Gasteiger charge is -2.27. The van der Waals surface area contributed by atoms with Gasteiger partial charge in [0.05, 0.1) is 17.0 Å². The third-order valence-electron chi connectivity index (χ3n) is 3.99. The molecule has 0 aliphatic carbocycles. The highest BCUT2D eigenvalue weighted by Crippen LogP contribution is 2.54. The van der Waals surface area contributed by atoms with Crippen LogP contribution in [0.2, 0.25) is 0 Å². The Balaban J connectivity index is 1.92. The molecule has 1 aromatic carbocycles. The van der Waals surface area contributed by atoms with Gasteiger partial charge in [-0.1, -0.05) is 0 Å². The summed E-state index contributed by atoms with van der Waals surface area (Å²) in [4.78, 5) is 24.6. The van der Waals surface area contributed by atoms with Crippen LogP contribution in [0.15, 0.2) is 18.2 Å². The topological polar surface area (TPSA) is 72.7 Å². The van der Waals surface area contributed by atoms with Gasteiger partial charge in [-0.05, 0) is 50.8 Å². The minimum Gasteiger partial charge on any atom is -0.444 e. The van der Waals surface area contributed by atoms with Crippen molar-refractivity contribution < 1.29 is 14.5 Å². The SMILES string of the molecule is CC(C)(C)OC(=O)N1[C@H]2CC[C@H]1c1cc([N+](=O)[O-])ccc12. The van der Waals surface area contributed by atoms with Crippen molar-refractivity contribution in [1.82, 2.24) is 4.90 Å². The Kier molecular flexibility index (Phi) is 2.93. The molecule has 0 radical (unpaired) electrons. The number of fused-ring (bicyclic) bond motifs is 5. The Labute approximate surface area is 122 Å². The lowest BCUT2D eigenvalue weighted by molar-refractivity contribution is -0.384. The standard InChI is InChI=1S/C15H18N2O4/c1-15(2,3)21-14(18)16-12-6-7-13(16)11-8-9(17(19)20)4-5-10(11)12/h4-5,8,12-13H,6-7H2,1-3H3/t12-,13-/m0/s1. The molecule has 1 saturated heterocycles. The number of nitro groups is 1. The van der Waals surface area contributed by atoms with Gasteiger partial charge in [-0.3, -0.25) is 15.0 Å². The van der Waals surface area contributed by atoms with Crippen molar-refractivity contribution in [2.75, 3.05) is 0 Å². The molecule has 2 heterocycles. The zero-order valence-corrected chi connectivity index (χ0v) is 12.3. The van der Waals surface area contributed by atoms with Gasteiger partial charge in [0.1, 0.15) is 5.60 Å². The summed E-state index contributed by atoms with van der Waals surface area (Å²) in [5, 5.41) is 10.9. The summed E-state index contributed by atoms with van der Waals surface area (Å²) in [5.41, 5.74) is 1.44. The molecule has 112 valence electrons. The van der Waals surface area contributed by atoms with Crippen molar-refractivity contribution in [3.8, 4) is 0 Å². The second-order valence-corrected chi connectivity index (χ2v) is 6.57. The quantitative estimate of drug-likeness (QED) is 0.583. The summed E-state index contributed by atoms with van der Waals surface area (Å²) in [6, 6.07) is 4.76. The number of benzene rings is 1. The summed E-state index contributed by atoms with van der Waals surface area (Å²) in [7, 11) is 0. The zero-order valence-electron chi connectivity index (χ0n) is 12.3. The highest BCUT2D eigenvalue weighted by atomic mass is 16.6. The summed E-state index contributed by atoms with van der Waals surface area (Å²) < 4.78 is 5.46. The van der Waals surface area contributed by atoms with E-state index in [0.29, 0.717) is 0 Å². The first-order valence-corrected chi connectivity index (χ1v) is 7.07. The molecular formula is C15H18N2O4. The third-order valence-corrected chi connectivity index (χ3v) is 3.99. The van der Waals surface area contributed by atoms with Crippen LogP contribution in [0.25, 0.3) is 0 Å². The smallest absolute Gasteiger partial charge is 0.411 e. The van der Waals surface area contributed by atoms with E-state index in [9.17, 15) is 14.9 Å². The summed E-state index contributed by atoms with van der Waals surface area (Å²) in [6.45, 7) is 5.50. The summed E-state index contributed by atoms with van der Waals surface area (Å²) in [6.07, 6.45) is 1.38. The average molecular weight is 290 g/mol. The Bertz CT molecular complexity index is 621. The first-order chi connectivity index (χ1) is 9.78. The molecule has 6 nitrogen and oxygen atoms in total. The number of ether oxygens (including phenoxy) is 1. The second kappa shape index (κ2) is 4.44. The molecule has 2 aliphatic heterocycles. The van der Waals surface area contributed by atoms with Crippen LogP contribution in [0.5, 0.6) is 0 Å². The molecule has 2 bridgehead atoms. The third kappa shape index (κ3) is 2.24. The van der Waals surface area contributed by atoms with Crippen molar-refractivity contribution in [1.29, 1.82) is 0 Å². The van der Waals surface area contributed by atoms with Crippen LogP contribution in [-0.4, -0.2) is 21.5 Å². The molecule has 6 heteroatoms. The van der Waals surface area contributed by atoms with Gasteiger partial charge in [0.15, 0.2) is 0 Å². The van der Waals surface area contributed by atoms with Crippen LogP contribution >= 0.6 is 0 Å². The van der Waals surface area contributed by atoms with Crippen molar-refractivity contribution >= 4 is 11.8 Å². The maximum Gasteiger partial charge on any atom is 0.411 e. The molecular weight excluding hydrogens is 272 g/mol. The maximum atomic E-state index is 12.4. The number of non-ortho nitro benzene ring substituents is 1. The number of carbonyl (C=O) groups is 1. The lowest BCUT2D eigenvalue weighted by Crippen LogP contribution is -2.34. The number of hydrogen-bond acceptors (Lipinski definition) is 4. The number of carbonyl (C=O) groups excluding carboxylic acids is 1. The molecule has 0 unspecified atom stereocenters. The summed E-state index contributed by atoms with van der Waals surface area (Å²) in [5.74, 6) is 0. The van der Waals surface area contributed by atoms with Gasteiger partial charge in [0.2, 0.25) is 0 Å². The van der Waals surface area contributed by atoms with Crippen LogP contribution in [0.4, 0.5) is 10.5 Å².